The van der Waals surface area contributed by atoms with Gasteiger partial charge in [0.1, 0.15) is 18.1 Å². The lowest BCUT2D eigenvalue weighted by Gasteiger charge is -2.09. The molecule has 158 valence electrons. The lowest BCUT2D eigenvalue weighted by atomic mass is 10.2. The van der Waals surface area contributed by atoms with Crippen LogP contribution in [0.15, 0.2) is 77.9 Å². The van der Waals surface area contributed by atoms with Crippen LogP contribution < -0.4 is 20.2 Å². The highest BCUT2D eigenvalue weighted by atomic mass is 35.5. The largest absolute Gasteiger partial charge is 0.497 e. The molecule has 0 fully saturated rings. The molecule has 0 unspecified atom stereocenters. The fraction of sp³-hybridized carbons (Fsp3) is 0.0870. The predicted molar refractivity (Wildman–Crippen MR) is 120 cm³/mol. The molecule has 0 saturated heterocycles. The van der Waals surface area contributed by atoms with E-state index in [0.717, 1.165) is 5.56 Å². The molecular formula is C23H20ClN3O4. The van der Waals surface area contributed by atoms with Crippen molar-refractivity contribution in [2.24, 2.45) is 5.10 Å². The number of carbonyl (C=O) groups excluding carboxylic acids is 2. The SMILES string of the molecule is COc1ccc(NC(=O)C(=O)N/N=C/c2ccccc2OCc2ccc(Cl)cc2)cc1. The van der Waals surface area contributed by atoms with Crippen molar-refractivity contribution in [3.8, 4) is 11.5 Å². The van der Waals surface area contributed by atoms with Gasteiger partial charge in [0.15, 0.2) is 0 Å². The Morgan fingerprint density at radius 1 is 0.968 bits per heavy atom. The number of carbonyl (C=O) groups is 2. The molecule has 0 saturated carbocycles. The molecule has 3 rings (SSSR count). The number of hydrogen-bond donors (Lipinski definition) is 2. The first-order valence-electron chi connectivity index (χ1n) is 9.30. The molecule has 0 spiro atoms. The van der Waals surface area contributed by atoms with E-state index in [0.29, 0.717) is 34.4 Å². The number of benzene rings is 3. The number of ether oxygens (including phenoxy) is 2. The second-order valence-electron chi connectivity index (χ2n) is 6.33. The van der Waals surface area contributed by atoms with Crippen molar-refractivity contribution in [1.82, 2.24) is 5.43 Å². The number of hydrogen-bond acceptors (Lipinski definition) is 5. The van der Waals surface area contributed by atoms with Gasteiger partial charge >= 0.3 is 11.8 Å². The summed E-state index contributed by atoms with van der Waals surface area (Å²) in [6, 6.07) is 21.1. The molecule has 31 heavy (non-hydrogen) atoms. The van der Waals surface area contributed by atoms with E-state index in [2.05, 4.69) is 15.8 Å². The van der Waals surface area contributed by atoms with Gasteiger partial charge in [-0.15, -0.1) is 0 Å². The molecule has 0 radical (unpaired) electrons. The number of halogens is 1. The summed E-state index contributed by atoms with van der Waals surface area (Å²) in [4.78, 5) is 24.0. The smallest absolute Gasteiger partial charge is 0.329 e. The van der Waals surface area contributed by atoms with E-state index in [-0.39, 0.29) is 0 Å². The van der Waals surface area contributed by atoms with Crippen molar-refractivity contribution in [2.45, 2.75) is 6.61 Å². The molecule has 2 N–H and O–H groups in total. The minimum atomic E-state index is -0.897. The van der Waals surface area contributed by atoms with E-state index >= 15 is 0 Å². The van der Waals surface area contributed by atoms with E-state index < -0.39 is 11.8 Å². The summed E-state index contributed by atoms with van der Waals surface area (Å²) in [5.41, 5.74) is 4.27. The van der Waals surface area contributed by atoms with E-state index in [9.17, 15) is 9.59 Å². The molecular weight excluding hydrogens is 418 g/mol. The van der Waals surface area contributed by atoms with Crippen LogP contribution >= 0.6 is 11.6 Å². The third-order valence-electron chi connectivity index (χ3n) is 4.15. The van der Waals surface area contributed by atoms with Gasteiger partial charge in [-0.25, -0.2) is 5.43 Å². The molecule has 8 heteroatoms. The van der Waals surface area contributed by atoms with Gasteiger partial charge in [-0.05, 0) is 54.1 Å². The topological polar surface area (TPSA) is 89.0 Å². The minimum absolute atomic E-state index is 0.346. The average Bonchev–Trinajstić information content (AvgIpc) is 2.80. The summed E-state index contributed by atoms with van der Waals surface area (Å²) < 4.78 is 10.9. The second-order valence-corrected chi connectivity index (χ2v) is 6.77. The number of hydrazone groups is 1. The van der Waals surface area contributed by atoms with Gasteiger partial charge in [0.25, 0.3) is 0 Å². The number of para-hydroxylation sites is 1. The third kappa shape index (κ3) is 6.58. The van der Waals surface area contributed by atoms with Gasteiger partial charge < -0.3 is 14.8 Å². The normalized spacial score (nSPS) is 10.5. The Hall–Kier alpha value is -3.84. The maximum absolute atomic E-state index is 12.0. The second kappa shape index (κ2) is 10.8. The van der Waals surface area contributed by atoms with E-state index in [1.165, 1.54) is 6.21 Å². The lowest BCUT2D eigenvalue weighted by Crippen LogP contribution is -2.32. The number of amides is 2. The van der Waals surface area contributed by atoms with Crippen molar-refractivity contribution >= 4 is 35.3 Å². The third-order valence-corrected chi connectivity index (χ3v) is 4.40. The molecule has 0 aliphatic heterocycles. The molecule has 3 aromatic rings. The highest BCUT2D eigenvalue weighted by Crippen LogP contribution is 2.18. The first kappa shape index (κ1) is 21.9. The molecule has 0 heterocycles. The number of rotatable bonds is 7. The van der Waals surface area contributed by atoms with Crippen molar-refractivity contribution in [3.63, 3.8) is 0 Å². The van der Waals surface area contributed by atoms with Crippen LogP contribution in [0.4, 0.5) is 5.69 Å². The predicted octanol–water partition coefficient (Wildman–Crippen LogP) is 4.02. The standard InChI is InChI=1S/C23H20ClN3O4/c1-30-20-12-10-19(11-13-20)26-22(28)23(29)27-25-14-17-4-2-3-5-21(17)31-15-16-6-8-18(24)9-7-16/h2-14H,15H2,1H3,(H,26,28)(H,27,29)/b25-14+. The van der Waals surface area contributed by atoms with Gasteiger partial charge in [0.05, 0.1) is 13.3 Å². The zero-order valence-electron chi connectivity index (χ0n) is 16.7. The highest BCUT2D eigenvalue weighted by Gasteiger charge is 2.13. The summed E-state index contributed by atoms with van der Waals surface area (Å²) in [7, 11) is 1.54. The Morgan fingerprint density at radius 3 is 2.39 bits per heavy atom. The molecule has 0 bridgehead atoms. The first-order chi connectivity index (χ1) is 15.0. The van der Waals surface area contributed by atoms with Crippen molar-refractivity contribution in [3.05, 3.63) is 88.9 Å². The van der Waals surface area contributed by atoms with Gasteiger partial charge in [0, 0.05) is 16.3 Å². The molecule has 0 atom stereocenters. The van der Waals surface area contributed by atoms with Crippen LogP contribution in [0.2, 0.25) is 5.02 Å². The molecule has 2 amide bonds. The minimum Gasteiger partial charge on any atom is -0.497 e. The molecule has 0 aromatic heterocycles. The number of nitrogens with zero attached hydrogens (tertiary/aromatic N) is 1. The Bertz CT molecular complexity index is 1070. The van der Waals surface area contributed by atoms with Crippen LogP contribution in [0.3, 0.4) is 0 Å². The average molecular weight is 438 g/mol. The summed E-state index contributed by atoms with van der Waals surface area (Å²) in [5.74, 6) is -0.511. The number of methoxy groups -OCH3 is 1. The van der Waals surface area contributed by atoms with Crippen molar-refractivity contribution in [2.75, 3.05) is 12.4 Å². The quantitative estimate of drug-likeness (QED) is 0.332. The molecule has 3 aromatic carbocycles. The van der Waals surface area contributed by atoms with Gasteiger partial charge in [-0.1, -0.05) is 35.9 Å². The van der Waals surface area contributed by atoms with Crippen LogP contribution in [0.1, 0.15) is 11.1 Å². The van der Waals surface area contributed by atoms with Gasteiger partial charge in [0.2, 0.25) is 0 Å². The van der Waals surface area contributed by atoms with Crippen LogP contribution in [0.5, 0.6) is 11.5 Å². The van der Waals surface area contributed by atoms with Gasteiger partial charge in [-0.2, -0.15) is 5.10 Å². The van der Waals surface area contributed by atoms with E-state index in [1.54, 1.807) is 55.6 Å². The zero-order chi connectivity index (χ0) is 22.1. The van der Waals surface area contributed by atoms with Crippen LogP contribution in [0.25, 0.3) is 0 Å². The monoisotopic (exact) mass is 437 g/mol. The van der Waals surface area contributed by atoms with Crippen LogP contribution in [0, 0.1) is 0 Å². The number of anilines is 1. The molecule has 0 aliphatic rings. The van der Waals surface area contributed by atoms with Crippen molar-refractivity contribution < 1.29 is 19.1 Å². The van der Waals surface area contributed by atoms with E-state index in [4.69, 9.17) is 21.1 Å². The van der Waals surface area contributed by atoms with E-state index in [1.807, 2.05) is 24.3 Å². The summed E-state index contributed by atoms with van der Waals surface area (Å²) >= 11 is 5.89. The van der Waals surface area contributed by atoms with Gasteiger partial charge in [-0.3, -0.25) is 9.59 Å². The van der Waals surface area contributed by atoms with Crippen LogP contribution in [-0.2, 0) is 16.2 Å². The maximum atomic E-state index is 12.0. The Kier molecular flexibility index (Phi) is 7.61. The first-order valence-corrected chi connectivity index (χ1v) is 9.67. The number of nitrogens with one attached hydrogen (secondary N) is 2. The van der Waals surface area contributed by atoms with Crippen molar-refractivity contribution in [1.29, 1.82) is 0 Å². The summed E-state index contributed by atoms with van der Waals surface area (Å²) in [6.07, 6.45) is 1.41. The summed E-state index contributed by atoms with van der Waals surface area (Å²) in [6.45, 7) is 0.346. The molecule has 7 nitrogen and oxygen atoms in total. The maximum Gasteiger partial charge on any atom is 0.329 e. The zero-order valence-corrected chi connectivity index (χ0v) is 17.4. The summed E-state index contributed by atoms with van der Waals surface area (Å²) in [5, 5.41) is 6.99. The lowest BCUT2D eigenvalue weighted by molar-refractivity contribution is -0.136. The fourth-order valence-electron chi connectivity index (χ4n) is 2.53. The Balaban J connectivity index is 1.55. The fourth-order valence-corrected chi connectivity index (χ4v) is 2.66. The Morgan fingerprint density at radius 2 is 1.68 bits per heavy atom. The molecule has 0 aliphatic carbocycles. The highest BCUT2D eigenvalue weighted by molar-refractivity contribution is 6.39. The van der Waals surface area contributed by atoms with Crippen LogP contribution in [-0.4, -0.2) is 25.1 Å². The Labute approximate surface area is 184 Å².